The maximum Gasteiger partial charge on any atom is 0.395 e. The van der Waals surface area contributed by atoms with E-state index in [-0.39, 0.29) is 18.6 Å². The summed E-state index contributed by atoms with van der Waals surface area (Å²) in [6.07, 6.45) is -1.22. The van der Waals surface area contributed by atoms with Gasteiger partial charge in [0.25, 0.3) is 0 Å². The van der Waals surface area contributed by atoms with Crippen LogP contribution in [0.1, 0.15) is 28.8 Å². The quantitative estimate of drug-likeness (QED) is 0.665. The van der Waals surface area contributed by atoms with E-state index in [9.17, 15) is 18.0 Å². The number of ether oxygens (including phenoxy) is 2. The summed E-state index contributed by atoms with van der Waals surface area (Å²) in [7, 11) is 1.57. The largest absolute Gasteiger partial charge is 0.495 e. The molecule has 0 N–H and O–H groups in total. The van der Waals surface area contributed by atoms with Crippen molar-refractivity contribution in [2.45, 2.75) is 25.4 Å². The summed E-state index contributed by atoms with van der Waals surface area (Å²) in [4.78, 5) is 15.2. The fourth-order valence-corrected chi connectivity index (χ4v) is 4.61. The number of nitrogens with zero attached hydrogens (tertiary/aromatic N) is 1. The summed E-state index contributed by atoms with van der Waals surface area (Å²) < 4.78 is 50.4. The molecule has 30 heavy (non-hydrogen) atoms. The summed E-state index contributed by atoms with van der Waals surface area (Å²) in [5, 5.41) is 0.311. The third-order valence-corrected chi connectivity index (χ3v) is 6.40. The van der Waals surface area contributed by atoms with Gasteiger partial charge in [0.2, 0.25) is 0 Å². The second kappa shape index (κ2) is 8.27. The number of Topliss-reactive ketones (excluding diaryl/α,β-unsaturated/α-hetero) is 1. The smallest absolute Gasteiger partial charge is 0.395 e. The highest BCUT2D eigenvalue weighted by Gasteiger charge is 2.40. The fraction of sp³-hybridized carbons (Fsp3) is 0.500. The first-order valence-electron chi connectivity index (χ1n) is 9.99. The number of fused-ring (bicyclic) bond motifs is 1. The van der Waals surface area contributed by atoms with Gasteiger partial charge in [-0.15, -0.1) is 0 Å². The van der Waals surface area contributed by atoms with E-state index in [0.717, 1.165) is 24.3 Å². The summed E-state index contributed by atoms with van der Waals surface area (Å²) in [6.45, 7) is 2.72. The van der Waals surface area contributed by atoms with Crippen LogP contribution in [0.25, 0.3) is 0 Å². The molecule has 1 fully saturated rings. The zero-order chi connectivity index (χ0) is 21.5. The standard InChI is InChI=1S/C22H23ClF3NO3/c1-29-20-12-17-13(11-19(20)27-4-6-30-7-5-27)8-15(21(17)28)9-14-10-16(22(24,25)26)2-3-18(14)23/h3,10-12,15-16H,2,4-9H2,1H3. The first-order chi connectivity index (χ1) is 14.3. The van der Waals surface area contributed by atoms with E-state index in [0.29, 0.717) is 41.6 Å². The number of benzene rings is 1. The van der Waals surface area contributed by atoms with Crippen LogP contribution in [0.15, 0.2) is 34.9 Å². The van der Waals surface area contributed by atoms with E-state index in [1.165, 1.54) is 12.2 Å². The van der Waals surface area contributed by atoms with Crippen molar-refractivity contribution >= 4 is 23.1 Å². The predicted octanol–water partition coefficient (Wildman–Crippen LogP) is 4.91. The number of carbonyl (C=O) groups is 1. The van der Waals surface area contributed by atoms with Crippen LogP contribution in [-0.4, -0.2) is 45.4 Å². The number of methoxy groups -OCH3 is 1. The van der Waals surface area contributed by atoms with Crippen LogP contribution in [0.2, 0.25) is 0 Å². The second-order valence-electron chi connectivity index (χ2n) is 7.88. The summed E-state index contributed by atoms with van der Waals surface area (Å²) in [5.74, 6) is -1.43. The zero-order valence-corrected chi connectivity index (χ0v) is 17.4. The molecule has 0 spiro atoms. The molecular weight excluding hydrogens is 419 g/mol. The number of hydrogen-bond donors (Lipinski definition) is 0. The number of anilines is 1. The number of hydrogen-bond acceptors (Lipinski definition) is 4. The molecule has 4 nitrogen and oxygen atoms in total. The lowest BCUT2D eigenvalue weighted by Crippen LogP contribution is -2.36. The van der Waals surface area contributed by atoms with Crippen molar-refractivity contribution in [3.05, 3.63) is 46.0 Å². The number of ketones is 1. The Hall–Kier alpha value is -1.99. The van der Waals surface area contributed by atoms with Crippen molar-refractivity contribution in [3.8, 4) is 5.75 Å². The molecule has 1 aliphatic heterocycles. The third-order valence-electron chi connectivity index (χ3n) is 6.01. The lowest BCUT2D eigenvalue weighted by molar-refractivity contribution is -0.160. The molecule has 162 valence electrons. The summed E-state index contributed by atoms with van der Waals surface area (Å²) in [5.41, 5.74) is 2.80. The van der Waals surface area contributed by atoms with Gasteiger partial charge in [-0.1, -0.05) is 23.8 Å². The molecule has 1 aromatic rings. The first kappa shape index (κ1) is 21.2. The Bertz CT molecular complexity index is 904. The molecule has 0 amide bonds. The molecule has 0 aromatic heterocycles. The number of alkyl halides is 3. The van der Waals surface area contributed by atoms with E-state index in [1.807, 2.05) is 6.07 Å². The van der Waals surface area contributed by atoms with Gasteiger partial charge in [0.1, 0.15) is 5.75 Å². The van der Waals surface area contributed by atoms with Gasteiger partial charge in [-0.25, -0.2) is 0 Å². The van der Waals surface area contributed by atoms with Crippen molar-refractivity contribution < 1.29 is 27.4 Å². The Kier molecular flexibility index (Phi) is 5.86. The molecule has 3 aliphatic rings. The topological polar surface area (TPSA) is 38.8 Å². The molecule has 4 rings (SSSR count). The average molecular weight is 442 g/mol. The van der Waals surface area contributed by atoms with Gasteiger partial charge >= 0.3 is 6.18 Å². The Labute approximate surface area is 178 Å². The molecule has 1 saturated heterocycles. The molecule has 1 heterocycles. The van der Waals surface area contributed by atoms with Crippen LogP contribution in [0.3, 0.4) is 0 Å². The predicted molar refractivity (Wildman–Crippen MR) is 108 cm³/mol. The van der Waals surface area contributed by atoms with Gasteiger partial charge < -0.3 is 14.4 Å². The molecular formula is C22H23ClF3NO3. The van der Waals surface area contributed by atoms with E-state index in [1.54, 1.807) is 13.2 Å². The second-order valence-corrected chi connectivity index (χ2v) is 8.29. The van der Waals surface area contributed by atoms with Crippen LogP contribution in [-0.2, 0) is 11.2 Å². The number of morpholine rings is 1. The highest BCUT2D eigenvalue weighted by atomic mass is 35.5. The first-order valence-corrected chi connectivity index (χ1v) is 10.4. The van der Waals surface area contributed by atoms with E-state index < -0.39 is 18.0 Å². The normalized spacial score (nSPS) is 24.4. The molecule has 0 radical (unpaired) electrons. The van der Waals surface area contributed by atoms with Crippen molar-refractivity contribution in [2.24, 2.45) is 11.8 Å². The molecule has 2 atom stereocenters. The lowest BCUT2D eigenvalue weighted by atomic mass is 9.88. The van der Waals surface area contributed by atoms with Crippen molar-refractivity contribution in [1.29, 1.82) is 0 Å². The summed E-state index contributed by atoms with van der Waals surface area (Å²) in [6, 6.07) is 3.73. The lowest BCUT2D eigenvalue weighted by Gasteiger charge is -2.30. The number of halogens is 4. The van der Waals surface area contributed by atoms with E-state index in [4.69, 9.17) is 21.1 Å². The van der Waals surface area contributed by atoms with Gasteiger partial charge in [0.05, 0.1) is 31.9 Å². The Morgan fingerprint density at radius 3 is 2.67 bits per heavy atom. The monoisotopic (exact) mass is 441 g/mol. The Morgan fingerprint density at radius 1 is 1.27 bits per heavy atom. The highest BCUT2D eigenvalue weighted by Crippen LogP contribution is 2.42. The minimum Gasteiger partial charge on any atom is -0.495 e. The molecule has 0 saturated carbocycles. The number of rotatable bonds is 4. The van der Waals surface area contributed by atoms with Gasteiger partial charge in [-0.05, 0) is 42.5 Å². The Morgan fingerprint density at radius 2 is 2.00 bits per heavy atom. The molecule has 8 heteroatoms. The maximum atomic E-state index is 13.1. The van der Waals surface area contributed by atoms with Gasteiger partial charge in [0, 0.05) is 29.6 Å². The van der Waals surface area contributed by atoms with E-state index in [2.05, 4.69) is 4.90 Å². The summed E-state index contributed by atoms with van der Waals surface area (Å²) >= 11 is 6.19. The molecule has 2 unspecified atom stereocenters. The maximum absolute atomic E-state index is 13.1. The SMILES string of the molecule is COc1cc2c(cc1N1CCOCC1)CC(CC1=CC(C(F)(F)F)CC=C1Cl)C2=O. The van der Waals surface area contributed by atoms with Crippen molar-refractivity contribution in [1.82, 2.24) is 0 Å². The van der Waals surface area contributed by atoms with Crippen LogP contribution in [0.5, 0.6) is 5.75 Å². The third kappa shape index (κ3) is 4.10. The minimum absolute atomic E-state index is 0.0728. The van der Waals surface area contributed by atoms with Crippen molar-refractivity contribution in [2.75, 3.05) is 38.3 Å². The van der Waals surface area contributed by atoms with Crippen LogP contribution in [0, 0.1) is 11.8 Å². The Balaban J connectivity index is 1.57. The average Bonchev–Trinajstić information content (AvgIpc) is 3.03. The van der Waals surface area contributed by atoms with Crippen LogP contribution < -0.4 is 9.64 Å². The highest BCUT2D eigenvalue weighted by molar-refractivity contribution is 6.32. The minimum atomic E-state index is -4.32. The zero-order valence-electron chi connectivity index (χ0n) is 16.6. The van der Waals surface area contributed by atoms with Crippen LogP contribution in [0.4, 0.5) is 18.9 Å². The van der Waals surface area contributed by atoms with Crippen molar-refractivity contribution in [3.63, 3.8) is 0 Å². The number of allylic oxidation sites excluding steroid dienone is 4. The van der Waals surface area contributed by atoms with Crippen LogP contribution >= 0.6 is 11.6 Å². The molecule has 1 aromatic carbocycles. The molecule has 2 aliphatic carbocycles. The number of carbonyl (C=O) groups excluding carboxylic acids is 1. The van der Waals surface area contributed by atoms with E-state index >= 15 is 0 Å². The van der Waals surface area contributed by atoms with Gasteiger partial charge in [0.15, 0.2) is 5.78 Å². The molecule has 0 bridgehead atoms. The van der Waals surface area contributed by atoms with Gasteiger partial charge in [-0.2, -0.15) is 13.2 Å². The fourth-order valence-electron chi connectivity index (χ4n) is 4.38. The van der Waals surface area contributed by atoms with Gasteiger partial charge in [-0.3, -0.25) is 4.79 Å².